The lowest BCUT2D eigenvalue weighted by Gasteiger charge is -2.19. The van der Waals surface area contributed by atoms with E-state index in [4.69, 9.17) is 11.5 Å². The van der Waals surface area contributed by atoms with Gasteiger partial charge in [-0.1, -0.05) is 36.4 Å². The zero-order chi connectivity index (χ0) is 26.3. The van der Waals surface area contributed by atoms with Crippen LogP contribution in [0, 0.1) is 5.82 Å². The fourth-order valence-electron chi connectivity index (χ4n) is 3.59. The maximum Gasteiger partial charge on any atom is 0.416 e. The Hall–Kier alpha value is -4.15. The molecule has 1 atom stereocenters. The van der Waals surface area contributed by atoms with E-state index in [1.54, 1.807) is 24.3 Å². The topological polar surface area (TPSA) is 123 Å². The van der Waals surface area contributed by atoms with Gasteiger partial charge in [-0.05, 0) is 48.1 Å². The summed E-state index contributed by atoms with van der Waals surface area (Å²) in [5.74, 6) is -1.72. The van der Waals surface area contributed by atoms with Crippen LogP contribution in [0.15, 0.2) is 65.7 Å². The van der Waals surface area contributed by atoms with E-state index in [9.17, 15) is 27.2 Å². The number of hydrogen-bond donors (Lipinski definition) is 4. The number of nitrogens with zero attached hydrogens (tertiary/aromatic N) is 1. The van der Waals surface area contributed by atoms with Crippen molar-refractivity contribution in [1.29, 1.82) is 0 Å². The first-order valence-electron chi connectivity index (χ1n) is 11.0. The van der Waals surface area contributed by atoms with Crippen molar-refractivity contribution in [3.05, 3.63) is 83.2 Å². The standard InChI is InChI=1S/C25H25F4N5O2/c26-20-12-11-19(17-4-1-2-5-18(17)20)22(35)34-21(6-3-13-32-24(30)31)23(36)33-14-15-7-9-16(10-8-15)25(27,28)29/h1-2,4-5,7-12,21H,3,6,13-14H2,(H,33,36)(H,34,35)(H4,30,31,32)/t21-/m1/s1. The van der Waals surface area contributed by atoms with Gasteiger partial charge in [-0.3, -0.25) is 14.6 Å². The molecule has 0 aliphatic rings. The summed E-state index contributed by atoms with van der Waals surface area (Å²) >= 11 is 0. The number of benzene rings is 3. The highest BCUT2D eigenvalue weighted by Crippen LogP contribution is 2.29. The Labute approximate surface area is 204 Å². The van der Waals surface area contributed by atoms with Crippen molar-refractivity contribution in [1.82, 2.24) is 10.6 Å². The molecule has 0 unspecified atom stereocenters. The van der Waals surface area contributed by atoms with E-state index in [1.807, 2.05) is 0 Å². The summed E-state index contributed by atoms with van der Waals surface area (Å²) in [6.45, 7) is 0.178. The third-order valence-corrected chi connectivity index (χ3v) is 5.43. The smallest absolute Gasteiger partial charge is 0.370 e. The molecular weight excluding hydrogens is 478 g/mol. The van der Waals surface area contributed by atoms with Crippen LogP contribution in [-0.2, 0) is 17.5 Å². The molecule has 11 heteroatoms. The van der Waals surface area contributed by atoms with Gasteiger partial charge < -0.3 is 22.1 Å². The van der Waals surface area contributed by atoms with Crippen LogP contribution in [-0.4, -0.2) is 30.4 Å². The second kappa shape index (κ2) is 11.5. The lowest BCUT2D eigenvalue weighted by Crippen LogP contribution is -2.46. The molecule has 0 bridgehead atoms. The van der Waals surface area contributed by atoms with Crippen molar-refractivity contribution in [3.63, 3.8) is 0 Å². The van der Waals surface area contributed by atoms with E-state index >= 15 is 0 Å². The van der Waals surface area contributed by atoms with E-state index in [0.29, 0.717) is 17.4 Å². The van der Waals surface area contributed by atoms with Crippen LogP contribution in [0.1, 0.15) is 34.3 Å². The minimum Gasteiger partial charge on any atom is -0.370 e. The van der Waals surface area contributed by atoms with Crippen LogP contribution in [0.2, 0.25) is 0 Å². The van der Waals surface area contributed by atoms with Crippen molar-refractivity contribution in [3.8, 4) is 0 Å². The number of carbonyl (C=O) groups is 2. The van der Waals surface area contributed by atoms with Gasteiger partial charge in [0.2, 0.25) is 5.91 Å². The highest BCUT2D eigenvalue weighted by atomic mass is 19.4. The van der Waals surface area contributed by atoms with Gasteiger partial charge in [-0.15, -0.1) is 0 Å². The van der Waals surface area contributed by atoms with Crippen LogP contribution >= 0.6 is 0 Å². The summed E-state index contributed by atoms with van der Waals surface area (Å²) in [5.41, 5.74) is 10.5. The molecule has 36 heavy (non-hydrogen) atoms. The highest BCUT2D eigenvalue weighted by Gasteiger charge is 2.30. The number of hydrogen-bond acceptors (Lipinski definition) is 3. The fraction of sp³-hybridized carbons (Fsp3) is 0.240. The quantitative estimate of drug-likeness (QED) is 0.155. The Kier molecular flexibility index (Phi) is 8.46. The molecule has 3 aromatic rings. The molecule has 2 amide bonds. The second-order valence-electron chi connectivity index (χ2n) is 8.03. The van der Waals surface area contributed by atoms with E-state index < -0.39 is 35.4 Å². The van der Waals surface area contributed by atoms with Crippen molar-refractivity contribution < 1.29 is 27.2 Å². The summed E-state index contributed by atoms with van der Waals surface area (Å²) in [5, 5.41) is 5.95. The monoisotopic (exact) mass is 503 g/mol. The molecule has 0 aliphatic heterocycles. The molecule has 0 aromatic heterocycles. The maximum absolute atomic E-state index is 14.2. The van der Waals surface area contributed by atoms with Crippen LogP contribution in [0.4, 0.5) is 17.6 Å². The third kappa shape index (κ3) is 6.94. The zero-order valence-corrected chi connectivity index (χ0v) is 19.1. The molecule has 0 spiro atoms. The highest BCUT2D eigenvalue weighted by molar-refractivity contribution is 6.08. The molecule has 0 aliphatic carbocycles. The lowest BCUT2D eigenvalue weighted by atomic mass is 10.0. The number of carbonyl (C=O) groups excluding carboxylic acids is 2. The zero-order valence-electron chi connectivity index (χ0n) is 19.1. The van der Waals surface area contributed by atoms with E-state index in [1.165, 1.54) is 24.3 Å². The summed E-state index contributed by atoms with van der Waals surface area (Å²) in [6, 6.07) is 12.4. The Morgan fingerprint density at radius 1 is 0.944 bits per heavy atom. The fourth-order valence-corrected chi connectivity index (χ4v) is 3.59. The van der Waals surface area contributed by atoms with Crippen molar-refractivity contribution >= 4 is 28.5 Å². The average molecular weight is 504 g/mol. The van der Waals surface area contributed by atoms with Crippen LogP contribution in [0.5, 0.6) is 0 Å². The number of halogens is 4. The number of alkyl halides is 3. The predicted molar refractivity (Wildman–Crippen MR) is 128 cm³/mol. The minimum absolute atomic E-state index is 0.0449. The van der Waals surface area contributed by atoms with Crippen LogP contribution < -0.4 is 22.1 Å². The van der Waals surface area contributed by atoms with Gasteiger partial charge in [0.25, 0.3) is 5.91 Å². The number of aliphatic imine (C=N–C) groups is 1. The Bertz CT molecular complexity index is 1260. The molecular formula is C25H25F4N5O2. The number of nitrogens with one attached hydrogen (secondary N) is 2. The van der Waals surface area contributed by atoms with Gasteiger partial charge in [-0.25, -0.2) is 4.39 Å². The number of rotatable bonds is 9. The van der Waals surface area contributed by atoms with E-state index in [2.05, 4.69) is 15.6 Å². The van der Waals surface area contributed by atoms with Gasteiger partial charge in [0.15, 0.2) is 5.96 Å². The van der Waals surface area contributed by atoms with Gasteiger partial charge in [0.05, 0.1) is 5.56 Å². The first kappa shape index (κ1) is 26.5. The Balaban J connectivity index is 1.73. The first-order valence-corrected chi connectivity index (χ1v) is 11.0. The SMILES string of the molecule is NC(N)=NCCC[C@@H](NC(=O)c1ccc(F)c2ccccc12)C(=O)NCc1ccc(C(F)(F)F)cc1. The molecule has 6 N–H and O–H groups in total. The molecule has 190 valence electrons. The maximum atomic E-state index is 14.2. The van der Waals surface area contributed by atoms with Crippen LogP contribution in [0.3, 0.4) is 0 Å². The minimum atomic E-state index is -4.46. The van der Waals surface area contributed by atoms with Crippen LogP contribution in [0.25, 0.3) is 10.8 Å². The molecule has 0 saturated carbocycles. The number of guanidine groups is 1. The Morgan fingerprint density at radius 2 is 1.61 bits per heavy atom. The summed E-state index contributed by atoms with van der Waals surface area (Å²) in [7, 11) is 0. The largest absolute Gasteiger partial charge is 0.416 e. The molecule has 0 radical (unpaired) electrons. The second-order valence-corrected chi connectivity index (χ2v) is 8.03. The molecule has 0 heterocycles. The average Bonchev–Trinajstić information content (AvgIpc) is 2.84. The molecule has 0 fully saturated rings. The van der Waals surface area contributed by atoms with Gasteiger partial charge >= 0.3 is 6.18 Å². The van der Waals surface area contributed by atoms with Gasteiger partial charge in [0, 0.05) is 24.0 Å². The number of fused-ring (bicyclic) bond motifs is 1. The summed E-state index contributed by atoms with van der Waals surface area (Å²) in [6.07, 6.45) is -3.92. The van der Waals surface area contributed by atoms with Crippen molar-refractivity contribution in [2.45, 2.75) is 31.6 Å². The van der Waals surface area contributed by atoms with E-state index in [-0.39, 0.29) is 36.4 Å². The molecule has 3 rings (SSSR count). The number of nitrogens with two attached hydrogens (primary N) is 2. The van der Waals surface area contributed by atoms with Crippen molar-refractivity contribution in [2.75, 3.05) is 6.54 Å². The van der Waals surface area contributed by atoms with Crippen molar-refractivity contribution in [2.24, 2.45) is 16.5 Å². The first-order chi connectivity index (χ1) is 17.1. The predicted octanol–water partition coefficient (Wildman–Crippen LogP) is 3.47. The molecule has 0 saturated heterocycles. The number of amides is 2. The normalized spacial score (nSPS) is 12.1. The van der Waals surface area contributed by atoms with Gasteiger partial charge in [0.1, 0.15) is 11.9 Å². The summed E-state index contributed by atoms with van der Waals surface area (Å²) in [4.78, 5) is 29.8. The van der Waals surface area contributed by atoms with Gasteiger partial charge in [-0.2, -0.15) is 13.2 Å². The summed E-state index contributed by atoms with van der Waals surface area (Å²) < 4.78 is 52.4. The molecule has 3 aromatic carbocycles. The van der Waals surface area contributed by atoms with E-state index in [0.717, 1.165) is 12.1 Å². The molecule has 7 nitrogen and oxygen atoms in total. The Morgan fingerprint density at radius 3 is 2.25 bits per heavy atom. The third-order valence-electron chi connectivity index (χ3n) is 5.43. The lowest BCUT2D eigenvalue weighted by molar-refractivity contribution is -0.137.